The predicted molar refractivity (Wildman–Crippen MR) is 91.7 cm³/mol. The minimum absolute atomic E-state index is 0.331. The predicted octanol–water partition coefficient (Wildman–Crippen LogP) is 3.13. The summed E-state index contributed by atoms with van der Waals surface area (Å²) in [7, 11) is 1.31. The van der Waals surface area contributed by atoms with Crippen LogP contribution >= 0.6 is 0 Å². The Labute approximate surface area is 144 Å². The molecule has 7 heteroatoms. The second-order valence-corrected chi connectivity index (χ2v) is 5.53. The van der Waals surface area contributed by atoms with Crippen molar-refractivity contribution in [3.63, 3.8) is 0 Å². The highest BCUT2D eigenvalue weighted by atomic mass is 16.5. The van der Waals surface area contributed by atoms with Crippen molar-refractivity contribution >= 4 is 28.7 Å². The Hall–Kier alpha value is -3.22. The van der Waals surface area contributed by atoms with E-state index in [4.69, 9.17) is 9.26 Å². The zero-order valence-electron chi connectivity index (χ0n) is 14.1. The van der Waals surface area contributed by atoms with Crippen LogP contribution in [0.25, 0.3) is 11.1 Å². The Kier molecular flexibility index (Phi) is 4.47. The molecule has 0 aliphatic carbocycles. The van der Waals surface area contributed by atoms with Gasteiger partial charge < -0.3 is 14.6 Å². The largest absolute Gasteiger partial charge is 0.465 e. The number of carbonyl (C=O) groups is 2. The number of rotatable bonds is 4. The summed E-state index contributed by atoms with van der Waals surface area (Å²) in [4.78, 5) is 28.4. The molecule has 1 N–H and O–H groups in total. The number of nitrogens with one attached hydrogen (secondary N) is 1. The van der Waals surface area contributed by atoms with E-state index in [1.165, 1.54) is 13.3 Å². The highest BCUT2D eigenvalue weighted by molar-refractivity contribution is 6.06. The number of hydrogen-bond acceptors (Lipinski definition) is 6. The van der Waals surface area contributed by atoms with Gasteiger partial charge in [0.15, 0.2) is 0 Å². The molecule has 25 heavy (non-hydrogen) atoms. The third-order valence-corrected chi connectivity index (χ3v) is 3.91. The molecule has 0 aliphatic rings. The van der Waals surface area contributed by atoms with Crippen LogP contribution < -0.4 is 5.32 Å². The summed E-state index contributed by atoms with van der Waals surface area (Å²) in [6.45, 7) is 3.79. The first-order chi connectivity index (χ1) is 12.0. The summed E-state index contributed by atoms with van der Waals surface area (Å²) in [5.41, 5.74) is 3.26. The summed E-state index contributed by atoms with van der Waals surface area (Å²) in [6, 6.07) is 6.68. The second kappa shape index (κ2) is 6.72. The molecular formula is C18H17N3O4. The van der Waals surface area contributed by atoms with Gasteiger partial charge in [0, 0.05) is 11.9 Å². The molecule has 0 bridgehead atoms. The van der Waals surface area contributed by atoms with Gasteiger partial charge in [-0.25, -0.2) is 9.78 Å². The Balaban J connectivity index is 1.90. The van der Waals surface area contributed by atoms with Crippen LogP contribution in [-0.4, -0.2) is 29.1 Å². The van der Waals surface area contributed by atoms with Gasteiger partial charge in [-0.2, -0.15) is 0 Å². The fourth-order valence-corrected chi connectivity index (χ4v) is 2.45. The Morgan fingerprint density at radius 1 is 1.24 bits per heavy atom. The molecule has 2 heterocycles. The molecule has 3 aromatic rings. The van der Waals surface area contributed by atoms with Crippen LogP contribution in [-0.2, 0) is 11.2 Å². The van der Waals surface area contributed by atoms with Gasteiger partial charge in [-0.05, 0) is 37.1 Å². The average Bonchev–Trinajstić information content (AvgIpc) is 3.05. The van der Waals surface area contributed by atoms with E-state index >= 15 is 0 Å². The number of methoxy groups -OCH3 is 1. The minimum atomic E-state index is -0.462. The van der Waals surface area contributed by atoms with Gasteiger partial charge in [-0.15, -0.1) is 0 Å². The van der Waals surface area contributed by atoms with E-state index < -0.39 is 5.97 Å². The molecule has 3 rings (SSSR count). The molecule has 0 fully saturated rings. The molecule has 0 spiro atoms. The normalized spacial score (nSPS) is 10.7. The smallest absolute Gasteiger partial charge is 0.337 e. The Morgan fingerprint density at radius 3 is 2.76 bits per heavy atom. The lowest BCUT2D eigenvalue weighted by atomic mass is 10.1. The number of benzene rings is 1. The lowest BCUT2D eigenvalue weighted by Gasteiger charge is -2.10. The van der Waals surface area contributed by atoms with Crippen molar-refractivity contribution in [2.24, 2.45) is 0 Å². The van der Waals surface area contributed by atoms with E-state index in [1.807, 2.05) is 13.8 Å². The molecule has 0 unspecified atom stereocenters. The first-order valence-corrected chi connectivity index (χ1v) is 7.78. The maximum absolute atomic E-state index is 12.6. The monoisotopic (exact) mass is 339 g/mol. The number of fused-ring (bicyclic) bond motifs is 1. The van der Waals surface area contributed by atoms with E-state index in [-0.39, 0.29) is 5.91 Å². The van der Waals surface area contributed by atoms with Crippen LogP contribution in [0.3, 0.4) is 0 Å². The van der Waals surface area contributed by atoms with E-state index in [0.29, 0.717) is 28.9 Å². The van der Waals surface area contributed by atoms with Crippen LogP contribution in [0.2, 0.25) is 0 Å². The number of carbonyl (C=O) groups excluding carboxylic acids is 2. The maximum Gasteiger partial charge on any atom is 0.337 e. The third-order valence-electron chi connectivity index (χ3n) is 3.91. The summed E-state index contributed by atoms with van der Waals surface area (Å²) < 4.78 is 9.83. The van der Waals surface area contributed by atoms with E-state index in [9.17, 15) is 9.59 Å². The average molecular weight is 339 g/mol. The highest BCUT2D eigenvalue weighted by Gasteiger charge is 2.15. The fraction of sp³-hybridized carbons (Fsp3) is 0.222. The summed E-state index contributed by atoms with van der Waals surface area (Å²) in [6.07, 6.45) is 2.11. The number of aryl methyl sites for hydroxylation is 2. The standard InChI is InChI=1S/C18H17N3O4/c1-4-14-13-7-12(9-19-17(13)25-21-14)16(22)20-15-8-11(18(23)24-3)6-5-10(15)2/h5-9H,4H2,1-3H3,(H,20,22). The van der Waals surface area contributed by atoms with Gasteiger partial charge in [0.05, 0.1) is 29.3 Å². The topological polar surface area (TPSA) is 94.3 Å². The number of aromatic nitrogens is 2. The van der Waals surface area contributed by atoms with Gasteiger partial charge in [-0.1, -0.05) is 18.1 Å². The van der Waals surface area contributed by atoms with Gasteiger partial charge in [0.1, 0.15) is 0 Å². The van der Waals surface area contributed by atoms with Gasteiger partial charge in [0.25, 0.3) is 11.6 Å². The highest BCUT2D eigenvalue weighted by Crippen LogP contribution is 2.21. The van der Waals surface area contributed by atoms with Crippen LogP contribution in [0.1, 0.15) is 38.9 Å². The SMILES string of the molecule is CCc1noc2ncc(C(=O)Nc3cc(C(=O)OC)ccc3C)cc12. The van der Waals surface area contributed by atoms with Gasteiger partial charge >= 0.3 is 5.97 Å². The lowest BCUT2D eigenvalue weighted by Crippen LogP contribution is -2.14. The molecule has 0 atom stereocenters. The lowest BCUT2D eigenvalue weighted by molar-refractivity contribution is 0.0600. The number of ether oxygens (including phenoxy) is 1. The number of anilines is 1. The summed E-state index contributed by atoms with van der Waals surface area (Å²) in [5.74, 6) is -0.793. The second-order valence-electron chi connectivity index (χ2n) is 5.53. The molecule has 0 saturated carbocycles. The van der Waals surface area contributed by atoms with Crippen molar-refractivity contribution in [2.45, 2.75) is 20.3 Å². The number of hydrogen-bond donors (Lipinski definition) is 1. The zero-order valence-corrected chi connectivity index (χ0v) is 14.1. The van der Waals surface area contributed by atoms with Crippen molar-refractivity contribution in [1.82, 2.24) is 10.1 Å². The fourth-order valence-electron chi connectivity index (χ4n) is 2.45. The molecule has 0 saturated heterocycles. The first kappa shape index (κ1) is 16.6. The molecule has 2 aromatic heterocycles. The minimum Gasteiger partial charge on any atom is -0.465 e. The van der Waals surface area contributed by atoms with Crippen LogP contribution in [0.4, 0.5) is 5.69 Å². The zero-order chi connectivity index (χ0) is 18.0. The number of pyridine rings is 1. The molecule has 7 nitrogen and oxygen atoms in total. The summed E-state index contributed by atoms with van der Waals surface area (Å²) in [5, 5.41) is 7.45. The van der Waals surface area contributed by atoms with Crippen molar-refractivity contribution < 1.29 is 18.8 Å². The molecule has 128 valence electrons. The summed E-state index contributed by atoms with van der Waals surface area (Å²) >= 11 is 0. The van der Waals surface area contributed by atoms with Gasteiger partial charge in [0.2, 0.25) is 0 Å². The molecule has 1 aromatic carbocycles. The Morgan fingerprint density at radius 2 is 2.04 bits per heavy atom. The van der Waals surface area contributed by atoms with Crippen molar-refractivity contribution in [1.29, 1.82) is 0 Å². The number of esters is 1. The van der Waals surface area contributed by atoms with E-state index in [2.05, 4.69) is 15.5 Å². The van der Waals surface area contributed by atoms with E-state index in [0.717, 1.165) is 16.6 Å². The Bertz CT molecular complexity index is 962. The van der Waals surface area contributed by atoms with Crippen LogP contribution in [0, 0.1) is 6.92 Å². The van der Waals surface area contributed by atoms with E-state index in [1.54, 1.807) is 24.3 Å². The van der Waals surface area contributed by atoms with Crippen molar-refractivity contribution in [3.8, 4) is 0 Å². The van der Waals surface area contributed by atoms with Gasteiger partial charge in [-0.3, -0.25) is 4.79 Å². The molecule has 0 aliphatic heterocycles. The molecule has 0 radical (unpaired) electrons. The van der Waals surface area contributed by atoms with Crippen molar-refractivity contribution in [3.05, 3.63) is 52.8 Å². The first-order valence-electron chi connectivity index (χ1n) is 7.78. The number of amides is 1. The maximum atomic E-state index is 12.6. The van der Waals surface area contributed by atoms with Crippen LogP contribution in [0.5, 0.6) is 0 Å². The number of nitrogens with zero attached hydrogens (tertiary/aromatic N) is 2. The van der Waals surface area contributed by atoms with Crippen LogP contribution in [0.15, 0.2) is 35.0 Å². The molecular weight excluding hydrogens is 322 g/mol. The quantitative estimate of drug-likeness (QED) is 0.734. The third kappa shape index (κ3) is 3.21. The molecule has 1 amide bonds. The van der Waals surface area contributed by atoms with Crippen molar-refractivity contribution in [2.75, 3.05) is 12.4 Å².